The maximum absolute atomic E-state index is 14.2. The molecule has 2 heterocycles. The second-order valence-corrected chi connectivity index (χ2v) is 9.38. The Morgan fingerprint density at radius 3 is 2.49 bits per heavy atom. The lowest BCUT2D eigenvalue weighted by Gasteiger charge is -2.25. The summed E-state index contributed by atoms with van der Waals surface area (Å²) >= 11 is 0. The van der Waals surface area contributed by atoms with Crippen LogP contribution in [0.5, 0.6) is 0 Å². The molecule has 196 valence electrons. The number of nitrogens with zero attached hydrogens (tertiary/aromatic N) is 3. The number of hydrogen-bond donors (Lipinski definition) is 1. The molecule has 0 spiro atoms. The highest BCUT2D eigenvalue weighted by molar-refractivity contribution is 5.94. The predicted molar refractivity (Wildman–Crippen MR) is 144 cm³/mol. The quantitative estimate of drug-likeness (QED) is 0.459. The number of allylic oxidation sites excluding steroid dienone is 9. The minimum Gasteiger partial charge on any atom is -0.498 e. The Kier molecular flexibility index (Phi) is 8.74. The van der Waals surface area contributed by atoms with E-state index in [1.54, 1.807) is 10.6 Å². The number of alkyl halides is 1. The van der Waals surface area contributed by atoms with Crippen LogP contribution in [-0.4, -0.2) is 39.0 Å². The Bertz CT molecular complexity index is 1290. The van der Waals surface area contributed by atoms with Crippen LogP contribution in [0.1, 0.15) is 92.7 Å². The number of carboxylic acid groups (broad SMARTS) is 1. The van der Waals surface area contributed by atoms with Gasteiger partial charge in [-0.3, -0.25) is 0 Å². The van der Waals surface area contributed by atoms with Crippen molar-refractivity contribution in [2.75, 3.05) is 7.11 Å². The van der Waals surface area contributed by atoms with Crippen LogP contribution < -0.4 is 0 Å². The summed E-state index contributed by atoms with van der Waals surface area (Å²) in [5.74, 6) is -0.384. The van der Waals surface area contributed by atoms with Gasteiger partial charge in [-0.15, -0.1) is 0 Å². The molecule has 37 heavy (non-hydrogen) atoms. The minimum atomic E-state index is -1.24. The van der Waals surface area contributed by atoms with Gasteiger partial charge < -0.3 is 9.84 Å². The van der Waals surface area contributed by atoms with E-state index in [2.05, 4.69) is 22.2 Å². The van der Waals surface area contributed by atoms with Crippen LogP contribution >= 0.6 is 0 Å². The summed E-state index contributed by atoms with van der Waals surface area (Å²) in [6, 6.07) is 0. The highest BCUT2D eigenvalue weighted by Crippen LogP contribution is 2.39. The van der Waals surface area contributed by atoms with Crippen LogP contribution in [0.3, 0.4) is 0 Å². The van der Waals surface area contributed by atoms with Crippen LogP contribution in [0.2, 0.25) is 0 Å². The molecule has 5 rings (SSSR count). The molecule has 2 aromatic rings. The predicted octanol–water partition coefficient (Wildman–Crippen LogP) is 7.36. The van der Waals surface area contributed by atoms with Gasteiger partial charge in [0.15, 0.2) is 11.8 Å². The average Bonchev–Trinajstić information content (AvgIpc) is 3.09. The van der Waals surface area contributed by atoms with Crippen molar-refractivity contribution < 1.29 is 19.0 Å². The highest BCUT2D eigenvalue weighted by Gasteiger charge is 2.26. The van der Waals surface area contributed by atoms with Gasteiger partial charge in [-0.05, 0) is 61.0 Å². The Labute approximate surface area is 217 Å². The van der Waals surface area contributed by atoms with Gasteiger partial charge in [0.1, 0.15) is 11.3 Å². The number of hydrogen-bond acceptors (Lipinski definition) is 4. The lowest BCUT2D eigenvalue weighted by molar-refractivity contribution is 0.0698. The van der Waals surface area contributed by atoms with E-state index in [9.17, 15) is 14.3 Å². The van der Waals surface area contributed by atoms with Crippen LogP contribution in [0.25, 0.3) is 11.2 Å². The van der Waals surface area contributed by atoms with E-state index in [0.717, 1.165) is 67.3 Å². The largest absolute Gasteiger partial charge is 0.498 e. The van der Waals surface area contributed by atoms with Gasteiger partial charge in [-0.2, -0.15) is 5.10 Å². The molecule has 6 nitrogen and oxygen atoms in total. The molecule has 3 aliphatic rings. The van der Waals surface area contributed by atoms with Gasteiger partial charge in [0.25, 0.3) is 0 Å². The molecule has 7 heteroatoms. The van der Waals surface area contributed by atoms with Crippen molar-refractivity contribution in [3.8, 4) is 0 Å². The van der Waals surface area contributed by atoms with E-state index in [-0.39, 0.29) is 5.56 Å². The first-order valence-corrected chi connectivity index (χ1v) is 13.4. The molecule has 0 radical (unpaired) electrons. The van der Waals surface area contributed by atoms with E-state index in [1.165, 1.54) is 31.4 Å². The number of carboxylic acids is 1. The van der Waals surface area contributed by atoms with Crippen molar-refractivity contribution in [3.63, 3.8) is 0 Å². The second kappa shape index (κ2) is 12.2. The topological polar surface area (TPSA) is 76.7 Å². The van der Waals surface area contributed by atoms with Crippen molar-refractivity contribution in [1.82, 2.24) is 14.6 Å². The van der Waals surface area contributed by atoms with Crippen molar-refractivity contribution in [2.45, 2.75) is 77.3 Å². The summed E-state index contributed by atoms with van der Waals surface area (Å²) in [5, 5.41) is 14.1. The third-order valence-corrected chi connectivity index (χ3v) is 7.26. The fourth-order valence-corrected chi connectivity index (χ4v) is 5.41. The van der Waals surface area contributed by atoms with Crippen molar-refractivity contribution in [3.05, 3.63) is 82.6 Å². The molecule has 1 unspecified atom stereocenters. The molecule has 3 aliphatic carbocycles. The number of halogens is 1. The molecule has 1 fully saturated rings. The number of fused-ring (bicyclic) bond motifs is 1. The number of carbonyl (C=O) groups is 1. The first kappa shape index (κ1) is 26.6. The van der Waals surface area contributed by atoms with E-state index >= 15 is 0 Å². The number of methoxy groups -OCH3 is 1. The first-order chi connectivity index (χ1) is 18.1. The lowest BCUT2D eigenvalue weighted by Crippen LogP contribution is -2.14. The zero-order chi connectivity index (χ0) is 26.4. The lowest BCUT2D eigenvalue weighted by atomic mass is 9.83. The third kappa shape index (κ3) is 5.60. The molecule has 0 saturated heterocycles. The molecule has 1 atom stereocenters. The summed E-state index contributed by atoms with van der Waals surface area (Å²) in [4.78, 5) is 16.3. The highest BCUT2D eigenvalue weighted by atomic mass is 19.1. The zero-order valence-electron chi connectivity index (χ0n) is 21.9. The van der Waals surface area contributed by atoms with E-state index < -0.39 is 12.1 Å². The number of aromatic carboxylic acids is 1. The second-order valence-electron chi connectivity index (χ2n) is 9.38. The van der Waals surface area contributed by atoms with Gasteiger partial charge in [0, 0.05) is 17.7 Å². The molecule has 0 aliphatic heterocycles. The SMILES string of the molecule is CC.COC1=CC=C(C2=CC=C(c3cnc4c(C(=O)O)cnn4c3C3CCCCC3)CCC2)C=CC1F. The van der Waals surface area contributed by atoms with Crippen LogP contribution in [-0.2, 0) is 4.74 Å². The molecule has 1 N–H and O–H groups in total. The van der Waals surface area contributed by atoms with Crippen LogP contribution in [0.4, 0.5) is 4.39 Å². The molecule has 2 aromatic heterocycles. The number of rotatable bonds is 5. The number of aromatic nitrogens is 3. The molecule has 0 amide bonds. The molecule has 1 saturated carbocycles. The van der Waals surface area contributed by atoms with Crippen molar-refractivity contribution in [1.29, 1.82) is 0 Å². The van der Waals surface area contributed by atoms with Crippen molar-refractivity contribution >= 4 is 17.2 Å². The van der Waals surface area contributed by atoms with E-state index in [1.807, 2.05) is 32.2 Å². The summed E-state index contributed by atoms with van der Waals surface area (Å²) in [7, 11) is 1.48. The Balaban J connectivity index is 0.00000156. The van der Waals surface area contributed by atoms with Gasteiger partial charge in [-0.25, -0.2) is 18.7 Å². The monoisotopic (exact) mass is 505 g/mol. The van der Waals surface area contributed by atoms with Gasteiger partial charge >= 0.3 is 5.97 Å². The summed E-state index contributed by atoms with van der Waals surface area (Å²) in [6.45, 7) is 4.00. The molecule has 0 aromatic carbocycles. The third-order valence-electron chi connectivity index (χ3n) is 7.26. The molecular formula is C30H36FN3O3. The zero-order valence-corrected chi connectivity index (χ0v) is 21.9. The number of ether oxygens (including phenoxy) is 1. The van der Waals surface area contributed by atoms with Gasteiger partial charge in [0.2, 0.25) is 0 Å². The Morgan fingerprint density at radius 2 is 1.76 bits per heavy atom. The Morgan fingerprint density at radius 1 is 1.03 bits per heavy atom. The van der Waals surface area contributed by atoms with Gasteiger partial charge in [-0.1, -0.05) is 57.4 Å². The van der Waals surface area contributed by atoms with Crippen LogP contribution in [0, 0.1) is 0 Å². The maximum atomic E-state index is 14.2. The van der Waals surface area contributed by atoms with Gasteiger partial charge in [0.05, 0.1) is 19.0 Å². The van der Waals surface area contributed by atoms with Crippen molar-refractivity contribution in [2.24, 2.45) is 0 Å². The van der Waals surface area contributed by atoms with Crippen LogP contribution in [0.15, 0.2) is 65.8 Å². The first-order valence-electron chi connectivity index (χ1n) is 13.4. The Hall–Kier alpha value is -3.48. The average molecular weight is 506 g/mol. The summed E-state index contributed by atoms with van der Waals surface area (Å²) in [5.41, 5.74) is 5.98. The standard InChI is InChI=1S/C28H30FN3O3.C2H6/c1-35-25-15-13-19(12-14-24(25)29)18-8-5-9-20(11-10-18)22-16-30-27-23(28(33)34)17-31-32(27)26(22)21-6-3-2-4-7-21;1-2/h10-17,21,24H,2-9H2,1H3,(H,33,34);1-2H3. The molecular weight excluding hydrogens is 469 g/mol. The minimum absolute atomic E-state index is 0.132. The smallest absolute Gasteiger partial charge is 0.341 e. The fourth-order valence-electron chi connectivity index (χ4n) is 5.41. The van der Waals surface area contributed by atoms with E-state index in [4.69, 9.17) is 4.74 Å². The summed E-state index contributed by atoms with van der Waals surface area (Å²) < 4.78 is 21.1. The normalized spacial score (nSPS) is 20.5. The molecule has 0 bridgehead atoms. The van der Waals surface area contributed by atoms with E-state index in [0.29, 0.717) is 17.3 Å². The maximum Gasteiger partial charge on any atom is 0.341 e. The summed E-state index contributed by atoms with van der Waals surface area (Å²) in [6.07, 6.45) is 21.6. The fraction of sp³-hybridized carbons (Fsp3) is 0.433.